The fraction of sp³-hybridized carbons (Fsp3) is 0.500. The Morgan fingerprint density at radius 3 is 3.00 bits per heavy atom. The third-order valence-corrected chi connectivity index (χ3v) is 3.02. The summed E-state index contributed by atoms with van der Waals surface area (Å²) in [5.41, 5.74) is 0. The van der Waals surface area contributed by atoms with Gasteiger partial charge in [-0.2, -0.15) is 5.26 Å². The number of carbonyl (C=O) groups excluding carboxylic acids is 1. The van der Waals surface area contributed by atoms with E-state index in [0.29, 0.717) is 6.42 Å². The Balaban J connectivity index is 2.56. The van der Waals surface area contributed by atoms with E-state index in [1.54, 1.807) is 6.20 Å². The average molecular weight is 223 g/mol. The van der Waals surface area contributed by atoms with E-state index in [2.05, 4.69) is 10.3 Å². The topological polar surface area (TPSA) is 65.8 Å². The van der Waals surface area contributed by atoms with Gasteiger partial charge in [-0.1, -0.05) is 6.92 Å². The van der Waals surface area contributed by atoms with Crippen molar-refractivity contribution < 1.29 is 4.79 Å². The van der Waals surface area contributed by atoms with Crippen molar-refractivity contribution in [2.45, 2.75) is 26.3 Å². The van der Waals surface area contributed by atoms with Crippen LogP contribution in [0.4, 0.5) is 0 Å². The largest absolute Gasteiger partial charge is 0.346 e. The Morgan fingerprint density at radius 1 is 1.80 bits per heavy atom. The summed E-state index contributed by atoms with van der Waals surface area (Å²) < 4.78 is 0. The van der Waals surface area contributed by atoms with Crippen LogP contribution in [0, 0.1) is 17.2 Å². The van der Waals surface area contributed by atoms with Crippen LogP contribution in [0.25, 0.3) is 0 Å². The molecule has 0 aromatic carbocycles. The Kier molecular flexibility index (Phi) is 4.25. The molecule has 15 heavy (non-hydrogen) atoms. The first-order chi connectivity index (χ1) is 7.19. The van der Waals surface area contributed by atoms with Gasteiger partial charge in [-0.15, -0.1) is 11.3 Å². The lowest BCUT2D eigenvalue weighted by Crippen LogP contribution is -2.31. The van der Waals surface area contributed by atoms with Crippen molar-refractivity contribution in [1.29, 1.82) is 5.26 Å². The number of thiazole rings is 1. The van der Waals surface area contributed by atoms with E-state index >= 15 is 0 Å². The second-order valence-corrected chi connectivity index (χ2v) is 4.12. The molecule has 0 saturated carbocycles. The zero-order chi connectivity index (χ0) is 11.3. The molecular formula is C10H13N3OS. The van der Waals surface area contributed by atoms with Gasteiger partial charge in [0.05, 0.1) is 12.1 Å². The van der Waals surface area contributed by atoms with Gasteiger partial charge in [0.2, 0.25) is 5.91 Å². The van der Waals surface area contributed by atoms with E-state index in [1.165, 1.54) is 11.3 Å². The summed E-state index contributed by atoms with van der Waals surface area (Å²) in [6.45, 7) is 3.68. The number of hydrogen-bond donors (Lipinski definition) is 1. The Bertz CT molecular complexity index is 355. The molecule has 0 aliphatic heterocycles. The SMILES string of the molecule is CCC(C#N)C(=O)NC(C)c1nccs1. The molecule has 2 atom stereocenters. The molecule has 80 valence electrons. The third kappa shape index (κ3) is 3.03. The number of carbonyl (C=O) groups is 1. The first kappa shape index (κ1) is 11.7. The smallest absolute Gasteiger partial charge is 0.237 e. The number of aromatic nitrogens is 1. The number of rotatable bonds is 4. The van der Waals surface area contributed by atoms with Crippen molar-refractivity contribution >= 4 is 17.2 Å². The normalized spacial score (nSPS) is 13.9. The zero-order valence-electron chi connectivity index (χ0n) is 8.73. The minimum absolute atomic E-state index is 0.125. The number of hydrogen-bond acceptors (Lipinski definition) is 4. The molecule has 0 radical (unpaired) electrons. The molecule has 1 amide bonds. The van der Waals surface area contributed by atoms with Crippen LogP contribution in [-0.4, -0.2) is 10.9 Å². The van der Waals surface area contributed by atoms with Gasteiger partial charge in [-0.25, -0.2) is 4.98 Å². The number of nitrogens with one attached hydrogen (secondary N) is 1. The van der Waals surface area contributed by atoms with E-state index in [4.69, 9.17) is 5.26 Å². The highest BCUT2D eigenvalue weighted by Gasteiger charge is 2.18. The first-order valence-electron chi connectivity index (χ1n) is 4.78. The van der Waals surface area contributed by atoms with E-state index in [0.717, 1.165) is 5.01 Å². The minimum atomic E-state index is -0.563. The minimum Gasteiger partial charge on any atom is -0.346 e. The van der Waals surface area contributed by atoms with Crippen LogP contribution < -0.4 is 5.32 Å². The lowest BCUT2D eigenvalue weighted by atomic mass is 10.1. The first-order valence-corrected chi connectivity index (χ1v) is 5.66. The van der Waals surface area contributed by atoms with Crippen LogP contribution in [0.1, 0.15) is 31.3 Å². The Hall–Kier alpha value is -1.41. The number of nitrogens with zero attached hydrogens (tertiary/aromatic N) is 2. The van der Waals surface area contributed by atoms with Gasteiger partial charge in [0.1, 0.15) is 10.9 Å². The van der Waals surface area contributed by atoms with Gasteiger partial charge in [0, 0.05) is 11.6 Å². The zero-order valence-corrected chi connectivity index (χ0v) is 9.54. The molecule has 0 fully saturated rings. The molecule has 1 aromatic heterocycles. The van der Waals surface area contributed by atoms with Crippen LogP contribution in [0.2, 0.25) is 0 Å². The van der Waals surface area contributed by atoms with Crippen molar-refractivity contribution in [1.82, 2.24) is 10.3 Å². The molecule has 5 heteroatoms. The maximum Gasteiger partial charge on any atom is 0.237 e. The maximum absolute atomic E-state index is 11.6. The predicted octanol–water partition coefficient (Wildman–Crippen LogP) is 1.87. The van der Waals surface area contributed by atoms with Crippen molar-refractivity contribution in [3.8, 4) is 6.07 Å². The fourth-order valence-electron chi connectivity index (χ4n) is 1.16. The molecule has 1 rings (SSSR count). The van der Waals surface area contributed by atoms with Crippen molar-refractivity contribution in [2.75, 3.05) is 0 Å². The second-order valence-electron chi connectivity index (χ2n) is 3.19. The number of nitriles is 1. The van der Waals surface area contributed by atoms with Crippen LogP contribution in [0.5, 0.6) is 0 Å². The summed E-state index contributed by atoms with van der Waals surface area (Å²) in [5.74, 6) is -0.782. The molecule has 2 unspecified atom stereocenters. The predicted molar refractivity (Wildman–Crippen MR) is 58.1 cm³/mol. The van der Waals surface area contributed by atoms with Gasteiger partial charge < -0.3 is 5.32 Å². The second kappa shape index (κ2) is 5.47. The van der Waals surface area contributed by atoms with Crippen LogP contribution >= 0.6 is 11.3 Å². The van der Waals surface area contributed by atoms with E-state index < -0.39 is 5.92 Å². The average Bonchev–Trinajstić information content (AvgIpc) is 2.72. The Morgan fingerprint density at radius 2 is 2.53 bits per heavy atom. The van der Waals surface area contributed by atoms with Gasteiger partial charge in [0.25, 0.3) is 0 Å². The highest BCUT2D eigenvalue weighted by atomic mass is 32.1. The van der Waals surface area contributed by atoms with Crippen LogP contribution in [-0.2, 0) is 4.79 Å². The summed E-state index contributed by atoms with van der Waals surface area (Å²) >= 11 is 1.49. The van der Waals surface area contributed by atoms with E-state index in [-0.39, 0.29) is 11.9 Å². The maximum atomic E-state index is 11.6. The molecule has 0 bridgehead atoms. The molecular weight excluding hydrogens is 210 g/mol. The lowest BCUT2D eigenvalue weighted by Gasteiger charge is -2.13. The quantitative estimate of drug-likeness (QED) is 0.847. The summed E-state index contributed by atoms with van der Waals surface area (Å²) in [7, 11) is 0. The summed E-state index contributed by atoms with van der Waals surface area (Å²) in [5, 5.41) is 14.2. The third-order valence-electron chi connectivity index (χ3n) is 2.06. The lowest BCUT2D eigenvalue weighted by molar-refractivity contribution is -0.124. The van der Waals surface area contributed by atoms with Crippen LogP contribution in [0.3, 0.4) is 0 Å². The van der Waals surface area contributed by atoms with Gasteiger partial charge in [-0.3, -0.25) is 4.79 Å². The summed E-state index contributed by atoms with van der Waals surface area (Å²) in [6.07, 6.45) is 2.23. The highest BCUT2D eigenvalue weighted by Crippen LogP contribution is 2.15. The van der Waals surface area contributed by atoms with Crippen molar-refractivity contribution in [2.24, 2.45) is 5.92 Å². The van der Waals surface area contributed by atoms with E-state index in [9.17, 15) is 4.79 Å². The highest BCUT2D eigenvalue weighted by molar-refractivity contribution is 7.09. The molecule has 0 aliphatic carbocycles. The standard InChI is InChI=1S/C10H13N3OS/c1-3-8(6-11)9(14)13-7(2)10-12-4-5-15-10/h4-5,7-8H,3H2,1-2H3,(H,13,14). The van der Waals surface area contributed by atoms with Gasteiger partial charge >= 0.3 is 0 Å². The molecule has 1 heterocycles. The van der Waals surface area contributed by atoms with Crippen molar-refractivity contribution in [3.63, 3.8) is 0 Å². The molecule has 1 aromatic rings. The molecule has 4 nitrogen and oxygen atoms in total. The Labute approximate surface area is 92.9 Å². The number of amides is 1. The van der Waals surface area contributed by atoms with E-state index in [1.807, 2.05) is 25.3 Å². The monoisotopic (exact) mass is 223 g/mol. The summed E-state index contributed by atoms with van der Waals surface area (Å²) in [6, 6.07) is 1.85. The summed E-state index contributed by atoms with van der Waals surface area (Å²) in [4.78, 5) is 15.7. The van der Waals surface area contributed by atoms with Crippen LogP contribution in [0.15, 0.2) is 11.6 Å². The fourth-order valence-corrected chi connectivity index (χ4v) is 1.81. The molecule has 0 aliphatic rings. The molecule has 1 N–H and O–H groups in total. The van der Waals surface area contributed by atoms with Gasteiger partial charge in [-0.05, 0) is 13.3 Å². The van der Waals surface area contributed by atoms with Crippen molar-refractivity contribution in [3.05, 3.63) is 16.6 Å². The molecule has 0 saturated heterocycles. The molecule has 0 spiro atoms. The van der Waals surface area contributed by atoms with Gasteiger partial charge in [0.15, 0.2) is 0 Å².